The van der Waals surface area contributed by atoms with Crippen molar-refractivity contribution >= 4 is 12.0 Å². The molecule has 2 amide bonds. The molecular weight excluding hydrogens is 308 g/mol. The molecule has 6 heteroatoms. The van der Waals surface area contributed by atoms with Gasteiger partial charge in [0.15, 0.2) is 0 Å². The Morgan fingerprint density at radius 1 is 1.12 bits per heavy atom. The van der Waals surface area contributed by atoms with Crippen LogP contribution in [0.4, 0.5) is 4.79 Å². The van der Waals surface area contributed by atoms with E-state index in [1.165, 1.54) is 5.56 Å². The van der Waals surface area contributed by atoms with Crippen molar-refractivity contribution in [1.29, 1.82) is 0 Å². The topological polar surface area (TPSA) is 87.7 Å². The number of rotatable bonds is 3. The third-order valence-corrected chi connectivity index (χ3v) is 5.19. The SMILES string of the molecule is Cc1ccc2c(c1C)OCC2NC(=O)NC1CCC(C(=O)O)CC1. The number of benzene rings is 1. The third-order valence-electron chi connectivity index (χ3n) is 5.19. The minimum atomic E-state index is -0.733. The van der Waals surface area contributed by atoms with Gasteiger partial charge in [-0.05, 0) is 50.7 Å². The number of aliphatic carboxylic acids is 1. The van der Waals surface area contributed by atoms with Gasteiger partial charge in [0.05, 0.1) is 12.0 Å². The van der Waals surface area contributed by atoms with Gasteiger partial charge in [-0.1, -0.05) is 12.1 Å². The van der Waals surface area contributed by atoms with Crippen molar-refractivity contribution < 1.29 is 19.4 Å². The summed E-state index contributed by atoms with van der Waals surface area (Å²) in [5, 5.41) is 15.0. The van der Waals surface area contributed by atoms with Crippen molar-refractivity contribution in [3.05, 3.63) is 28.8 Å². The van der Waals surface area contributed by atoms with E-state index in [9.17, 15) is 9.59 Å². The lowest BCUT2D eigenvalue weighted by Crippen LogP contribution is -2.45. The molecule has 1 saturated carbocycles. The molecule has 1 heterocycles. The van der Waals surface area contributed by atoms with E-state index >= 15 is 0 Å². The standard InChI is InChI=1S/C18H24N2O4/c1-10-3-8-14-15(9-24-16(14)11(10)2)20-18(23)19-13-6-4-12(5-7-13)17(21)22/h3,8,12-13,15H,4-7,9H2,1-2H3,(H,21,22)(H2,19,20,23). The lowest BCUT2D eigenvalue weighted by atomic mass is 9.86. The fraction of sp³-hybridized carbons (Fsp3) is 0.556. The highest BCUT2D eigenvalue weighted by molar-refractivity contribution is 5.75. The summed E-state index contributed by atoms with van der Waals surface area (Å²) in [6.45, 7) is 4.51. The van der Waals surface area contributed by atoms with Gasteiger partial charge in [-0.2, -0.15) is 0 Å². The summed E-state index contributed by atoms with van der Waals surface area (Å²) in [5.41, 5.74) is 3.31. The lowest BCUT2D eigenvalue weighted by Gasteiger charge is -2.27. The molecule has 1 unspecified atom stereocenters. The number of ether oxygens (including phenoxy) is 1. The monoisotopic (exact) mass is 332 g/mol. The van der Waals surface area contributed by atoms with Gasteiger partial charge in [-0.15, -0.1) is 0 Å². The summed E-state index contributed by atoms with van der Waals surface area (Å²) < 4.78 is 5.75. The molecule has 1 aliphatic carbocycles. The van der Waals surface area contributed by atoms with E-state index < -0.39 is 5.97 Å². The summed E-state index contributed by atoms with van der Waals surface area (Å²) in [6, 6.07) is 3.74. The zero-order chi connectivity index (χ0) is 17.3. The van der Waals surface area contributed by atoms with E-state index in [0.29, 0.717) is 32.3 Å². The van der Waals surface area contributed by atoms with Crippen LogP contribution >= 0.6 is 0 Å². The van der Waals surface area contributed by atoms with Crippen LogP contribution in [-0.4, -0.2) is 29.8 Å². The molecule has 6 nitrogen and oxygen atoms in total. The minimum Gasteiger partial charge on any atom is -0.490 e. The van der Waals surface area contributed by atoms with Crippen molar-refractivity contribution in [2.75, 3.05) is 6.61 Å². The first-order valence-corrected chi connectivity index (χ1v) is 8.48. The highest BCUT2D eigenvalue weighted by Crippen LogP contribution is 2.36. The summed E-state index contributed by atoms with van der Waals surface area (Å²) in [5.74, 6) is -0.127. The maximum Gasteiger partial charge on any atom is 0.315 e. The Morgan fingerprint density at radius 3 is 2.50 bits per heavy atom. The molecule has 130 valence electrons. The Kier molecular flexibility index (Phi) is 4.64. The fourth-order valence-electron chi connectivity index (χ4n) is 3.52. The average Bonchev–Trinajstić information content (AvgIpc) is 2.95. The second-order valence-corrected chi connectivity index (χ2v) is 6.79. The van der Waals surface area contributed by atoms with E-state index in [-0.39, 0.29) is 24.0 Å². The van der Waals surface area contributed by atoms with Crippen LogP contribution in [-0.2, 0) is 4.79 Å². The molecule has 24 heavy (non-hydrogen) atoms. The minimum absolute atomic E-state index is 0.0437. The molecule has 1 aliphatic heterocycles. The zero-order valence-electron chi connectivity index (χ0n) is 14.1. The molecule has 3 rings (SSSR count). The number of nitrogens with one attached hydrogen (secondary N) is 2. The van der Waals surface area contributed by atoms with Crippen molar-refractivity contribution in [3.8, 4) is 5.75 Å². The Bertz CT molecular complexity index is 651. The van der Waals surface area contributed by atoms with Gasteiger partial charge in [0.25, 0.3) is 0 Å². The molecule has 2 aliphatic rings. The number of urea groups is 1. The van der Waals surface area contributed by atoms with Gasteiger partial charge in [-0.25, -0.2) is 4.79 Å². The summed E-state index contributed by atoms with van der Waals surface area (Å²) in [6.07, 6.45) is 2.66. The van der Waals surface area contributed by atoms with Crippen LogP contribution in [0.2, 0.25) is 0 Å². The van der Waals surface area contributed by atoms with Crippen LogP contribution in [0.15, 0.2) is 12.1 Å². The van der Waals surface area contributed by atoms with Crippen molar-refractivity contribution in [3.63, 3.8) is 0 Å². The Labute approximate surface area is 141 Å². The zero-order valence-corrected chi connectivity index (χ0v) is 14.1. The molecule has 3 N–H and O–H groups in total. The third kappa shape index (κ3) is 3.32. The van der Waals surface area contributed by atoms with E-state index in [0.717, 1.165) is 16.9 Å². The summed E-state index contributed by atoms with van der Waals surface area (Å²) in [4.78, 5) is 23.2. The van der Waals surface area contributed by atoms with E-state index in [4.69, 9.17) is 9.84 Å². The van der Waals surface area contributed by atoms with Gasteiger partial charge in [-0.3, -0.25) is 4.79 Å². The van der Waals surface area contributed by atoms with E-state index in [2.05, 4.69) is 10.6 Å². The molecule has 1 fully saturated rings. The smallest absolute Gasteiger partial charge is 0.315 e. The van der Waals surface area contributed by atoms with Gasteiger partial charge >= 0.3 is 12.0 Å². The quantitative estimate of drug-likeness (QED) is 0.794. The number of carbonyl (C=O) groups excluding carboxylic acids is 1. The van der Waals surface area contributed by atoms with Crippen molar-refractivity contribution in [2.24, 2.45) is 5.92 Å². The highest BCUT2D eigenvalue weighted by atomic mass is 16.5. The van der Waals surface area contributed by atoms with Gasteiger partial charge in [0.1, 0.15) is 12.4 Å². The van der Waals surface area contributed by atoms with Crippen LogP contribution in [0.25, 0.3) is 0 Å². The fourth-order valence-corrected chi connectivity index (χ4v) is 3.52. The van der Waals surface area contributed by atoms with E-state index in [1.54, 1.807) is 0 Å². The van der Waals surface area contributed by atoms with Gasteiger partial charge < -0.3 is 20.5 Å². The Morgan fingerprint density at radius 2 is 1.83 bits per heavy atom. The molecule has 0 spiro atoms. The number of fused-ring (bicyclic) bond motifs is 1. The first kappa shape index (κ1) is 16.6. The molecule has 0 radical (unpaired) electrons. The number of hydrogen-bond acceptors (Lipinski definition) is 3. The Hall–Kier alpha value is -2.24. The molecular formula is C18H24N2O4. The largest absolute Gasteiger partial charge is 0.490 e. The molecule has 0 aromatic heterocycles. The molecule has 0 saturated heterocycles. The number of carboxylic acids is 1. The van der Waals surface area contributed by atoms with Crippen LogP contribution in [0.1, 0.15) is 48.4 Å². The molecule has 1 atom stereocenters. The van der Waals surface area contributed by atoms with Gasteiger partial charge in [0.2, 0.25) is 0 Å². The first-order chi connectivity index (χ1) is 11.5. The first-order valence-electron chi connectivity index (χ1n) is 8.48. The van der Waals surface area contributed by atoms with Crippen molar-refractivity contribution in [1.82, 2.24) is 10.6 Å². The second kappa shape index (κ2) is 6.71. The second-order valence-electron chi connectivity index (χ2n) is 6.79. The van der Waals surface area contributed by atoms with Crippen molar-refractivity contribution in [2.45, 2.75) is 51.6 Å². The summed E-state index contributed by atoms with van der Waals surface area (Å²) in [7, 11) is 0. The maximum absolute atomic E-state index is 12.3. The van der Waals surface area contributed by atoms with Crippen LogP contribution in [0, 0.1) is 19.8 Å². The molecule has 1 aromatic carbocycles. The Balaban J connectivity index is 1.54. The van der Waals surface area contributed by atoms with Gasteiger partial charge in [0, 0.05) is 11.6 Å². The predicted molar refractivity (Wildman–Crippen MR) is 89.2 cm³/mol. The highest BCUT2D eigenvalue weighted by Gasteiger charge is 2.30. The summed E-state index contributed by atoms with van der Waals surface area (Å²) >= 11 is 0. The number of aryl methyl sites for hydroxylation is 1. The number of amides is 2. The lowest BCUT2D eigenvalue weighted by molar-refractivity contribution is -0.142. The van der Waals surface area contributed by atoms with E-state index in [1.807, 2.05) is 26.0 Å². The molecule has 0 bridgehead atoms. The number of carboxylic acid groups (broad SMARTS) is 1. The van der Waals surface area contributed by atoms with Crippen LogP contribution in [0.5, 0.6) is 5.75 Å². The van der Waals surface area contributed by atoms with Crippen LogP contribution in [0.3, 0.4) is 0 Å². The predicted octanol–water partition coefficient (Wildman–Crippen LogP) is 2.68. The maximum atomic E-state index is 12.3. The normalized spacial score (nSPS) is 25.5. The average molecular weight is 332 g/mol. The number of hydrogen-bond donors (Lipinski definition) is 3. The molecule has 1 aromatic rings. The van der Waals surface area contributed by atoms with Crippen LogP contribution < -0.4 is 15.4 Å². The number of carbonyl (C=O) groups is 2.